The summed E-state index contributed by atoms with van der Waals surface area (Å²) in [6.45, 7) is 3.50. The third-order valence-electron chi connectivity index (χ3n) is 1.89. The molecule has 0 aliphatic carbocycles. The fraction of sp³-hybridized carbons (Fsp3) is 0.111. The molecule has 0 aliphatic rings. The van der Waals surface area contributed by atoms with Crippen LogP contribution in [0.2, 0.25) is 0 Å². The Bertz CT molecular complexity index is 376. The number of non-ortho nitro benzene ring substituents is 1. The minimum absolute atomic E-state index is 0.0218. The van der Waals surface area contributed by atoms with Crippen molar-refractivity contribution >= 4 is 11.4 Å². The maximum Gasteiger partial charge on any atom is 0.269 e. The predicted molar refractivity (Wildman–Crippen MR) is 54.6 cm³/mol. The van der Waals surface area contributed by atoms with Crippen molar-refractivity contribution in [1.82, 2.24) is 0 Å². The molecule has 1 aromatic rings. The zero-order valence-corrected chi connectivity index (χ0v) is 7.51. The van der Waals surface area contributed by atoms with E-state index in [1.165, 1.54) is 24.3 Å². The number of anilines is 1. The number of hydrogen-bond donors (Lipinski definition) is 2. The van der Waals surface area contributed by atoms with E-state index in [0.717, 1.165) is 0 Å². The van der Waals surface area contributed by atoms with Gasteiger partial charge in [-0.1, -0.05) is 6.08 Å². The SMILES string of the molecule is C=C[C@H](N)c1cc([N+](=O)[O-])ccc1N. The molecule has 74 valence electrons. The normalized spacial score (nSPS) is 12.1. The van der Waals surface area contributed by atoms with Gasteiger partial charge in [0.2, 0.25) is 0 Å². The molecule has 1 rings (SSSR count). The van der Waals surface area contributed by atoms with Gasteiger partial charge in [0.15, 0.2) is 0 Å². The lowest BCUT2D eigenvalue weighted by molar-refractivity contribution is -0.384. The molecule has 0 aromatic heterocycles. The van der Waals surface area contributed by atoms with Crippen molar-refractivity contribution in [2.75, 3.05) is 5.73 Å². The van der Waals surface area contributed by atoms with Crippen LogP contribution in [0.5, 0.6) is 0 Å². The monoisotopic (exact) mass is 193 g/mol. The fourth-order valence-electron chi connectivity index (χ4n) is 1.09. The number of nitrogens with two attached hydrogens (primary N) is 2. The lowest BCUT2D eigenvalue weighted by atomic mass is 10.1. The second-order valence-corrected chi connectivity index (χ2v) is 2.83. The molecular formula is C9H11N3O2. The van der Waals surface area contributed by atoms with Crippen LogP contribution in [0.1, 0.15) is 11.6 Å². The molecule has 1 atom stereocenters. The van der Waals surface area contributed by atoms with Gasteiger partial charge in [0.25, 0.3) is 5.69 Å². The van der Waals surface area contributed by atoms with Crippen molar-refractivity contribution in [3.05, 3.63) is 46.5 Å². The average molecular weight is 193 g/mol. The number of nitrogen functional groups attached to an aromatic ring is 1. The van der Waals surface area contributed by atoms with Crippen molar-refractivity contribution < 1.29 is 4.92 Å². The molecule has 4 N–H and O–H groups in total. The maximum atomic E-state index is 10.5. The van der Waals surface area contributed by atoms with E-state index in [4.69, 9.17) is 11.5 Å². The van der Waals surface area contributed by atoms with E-state index in [9.17, 15) is 10.1 Å². The number of hydrogen-bond acceptors (Lipinski definition) is 4. The Morgan fingerprint density at radius 1 is 1.57 bits per heavy atom. The van der Waals surface area contributed by atoms with Crippen LogP contribution in [0, 0.1) is 10.1 Å². The van der Waals surface area contributed by atoms with E-state index >= 15 is 0 Å². The van der Waals surface area contributed by atoms with Crippen LogP contribution in [0.3, 0.4) is 0 Å². The first-order valence-corrected chi connectivity index (χ1v) is 3.98. The summed E-state index contributed by atoms with van der Waals surface area (Å²) in [7, 11) is 0. The van der Waals surface area contributed by atoms with Gasteiger partial charge in [-0.2, -0.15) is 0 Å². The molecule has 0 amide bonds. The van der Waals surface area contributed by atoms with Crippen molar-refractivity contribution in [1.29, 1.82) is 0 Å². The highest BCUT2D eigenvalue weighted by molar-refractivity contribution is 5.54. The van der Waals surface area contributed by atoms with Gasteiger partial charge in [-0.05, 0) is 6.07 Å². The van der Waals surface area contributed by atoms with E-state index in [-0.39, 0.29) is 5.69 Å². The summed E-state index contributed by atoms with van der Waals surface area (Å²) in [5.41, 5.74) is 12.2. The Morgan fingerprint density at radius 2 is 2.21 bits per heavy atom. The van der Waals surface area contributed by atoms with Gasteiger partial charge in [-0.15, -0.1) is 6.58 Å². The fourth-order valence-corrected chi connectivity index (χ4v) is 1.09. The summed E-state index contributed by atoms with van der Waals surface area (Å²) in [5.74, 6) is 0. The highest BCUT2D eigenvalue weighted by Crippen LogP contribution is 2.24. The third-order valence-corrected chi connectivity index (χ3v) is 1.89. The van der Waals surface area contributed by atoms with E-state index < -0.39 is 11.0 Å². The Kier molecular flexibility index (Phi) is 2.83. The average Bonchev–Trinajstić information content (AvgIpc) is 2.17. The highest BCUT2D eigenvalue weighted by atomic mass is 16.6. The number of nitrogens with zero attached hydrogens (tertiary/aromatic N) is 1. The molecule has 14 heavy (non-hydrogen) atoms. The number of nitro benzene ring substituents is 1. The molecule has 0 heterocycles. The van der Waals surface area contributed by atoms with E-state index in [0.29, 0.717) is 11.3 Å². The van der Waals surface area contributed by atoms with Crippen LogP contribution < -0.4 is 11.5 Å². The molecule has 0 unspecified atom stereocenters. The minimum Gasteiger partial charge on any atom is -0.398 e. The third kappa shape index (κ3) is 1.89. The first kappa shape index (κ1) is 10.2. The smallest absolute Gasteiger partial charge is 0.269 e. The van der Waals surface area contributed by atoms with E-state index in [2.05, 4.69) is 6.58 Å². The Morgan fingerprint density at radius 3 is 2.71 bits per heavy atom. The summed E-state index contributed by atoms with van der Waals surface area (Å²) < 4.78 is 0. The van der Waals surface area contributed by atoms with Crippen molar-refractivity contribution in [3.8, 4) is 0 Å². The van der Waals surface area contributed by atoms with Crippen LogP contribution in [0.4, 0.5) is 11.4 Å². The molecule has 5 heteroatoms. The number of nitro groups is 1. The van der Waals surface area contributed by atoms with Crippen molar-refractivity contribution in [2.24, 2.45) is 5.73 Å². The second kappa shape index (κ2) is 3.89. The van der Waals surface area contributed by atoms with Crippen molar-refractivity contribution in [3.63, 3.8) is 0 Å². The van der Waals surface area contributed by atoms with Crippen LogP contribution >= 0.6 is 0 Å². The second-order valence-electron chi connectivity index (χ2n) is 2.83. The Hall–Kier alpha value is -1.88. The molecule has 1 aromatic carbocycles. The van der Waals surface area contributed by atoms with Gasteiger partial charge >= 0.3 is 0 Å². The highest BCUT2D eigenvalue weighted by Gasteiger charge is 2.12. The summed E-state index contributed by atoms with van der Waals surface area (Å²) in [6.07, 6.45) is 1.48. The summed E-state index contributed by atoms with van der Waals surface area (Å²) in [6, 6.07) is 3.70. The topological polar surface area (TPSA) is 95.2 Å². The molecule has 5 nitrogen and oxygen atoms in total. The van der Waals surface area contributed by atoms with Crippen LogP contribution in [0.15, 0.2) is 30.9 Å². The van der Waals surface area contributed by atoms with Crippen LogP contribution in [-0.4, -0.2) is 4.92 Å². The summed E-state index contributed by atoms with van der Waals surface area (Å²) in [5, 5.41) is 10.5. The molecule has 0 bridgehead atoms. The Labute approximate surface area is 81.2 Å². The lowest BCUT2D eigenvalue weighted by Gasteiger charge is -2.09. The molecule has 0 saturated carbocycles. The van der Waals surface area contributed by atoms with Crippen LogP contribution in [-0.2, 0) is 0 Å². The first-order chi connectivity index (χ1) is 6.56. The molecule has 0 saturated heterocycles. The Balaban J connectivity index is 3.20. The summed E-state index contributed by atoms with van der Waals surface area (Å²) >= 11 is 0. The first-order valence-electron chi connectivity index (χ1n) is 3.98. The van der Waals surface area contributed by atoms with E-state index in [1.807, 2.05) is 0 Å². The molecular weight excluding hydrogens is 182 g/mol. The standard InChI is InChI=1S/C9H11N3O2/c1-2-8(10)7-5-6(12(13)14)3-4-9(7)11/h2-5,8H,1,10-11H2/t8-/m0/s1. The molecule has 0 aliphatic heterocycles. The number of benzene rings is 1. The van der Waals surface area contributed by atoms with Gasteiger partial charge < -0.3 is 11.5 Å². The molecule has 0 radical (unpaired) electrons. The number of rotatable bonds is 3. The van der Waals surface area contributed by atoms with E-state index in [1.54, 1.807) is 0 Å². The van der Waals surface area contributed by atoms with Gasteiger partial charge in [0.05, 0.1) is 11.0 Å². The zero-order chi connectivity index (χ0) is 10.7. The maximum absolute atomic E-state index is 10.5. The molecule has 0 spiro atoms. The van der Waals surface area contributed by atoms with Crippen molar-refractivity contribution in [2.45, 2.75) is 6.04 Å². The van der Waals surface area contributed by atoms with Gasteiger partial charge in [0, 0.05) is 23.4 Å². The van der Waals surface area contributed by atoms with Gasteiger partial charge in [0.1, 0.15) is 0 Å². The van der Waals surface area contributed by atoms with Gasteiger partial charge in [-0.25, -0.2) is 0 Å². The quantitative estimate of drug-likeness (QED) is 0.328. The largest absolute Gasteiger partial charge is 0.398 e. The zero-order valence-electron chi connectivity index (χ0n) is 7.51. The van der Waals surface area contributed by atoms with Crippen LogP contribution in [0.25, 0.3) is 0 Å². The molecule has 0 fully saturated rings. The minimum atomic E-state index is -0.487. The van der Waals surface area contributed by atoms with Gasteiger partial charge in [-0.3, -0.25) is 10.1 Å². The summed E-state index contributed by atoms with van der Waals surface area (Å²) in [4.78, 5) is 9.99. The lowest BCUT2D eigenvalue weighted by Crippen LogP contribution is -2.09. The predicted octanol–water partition coefficient (Wildman–Crippen LogP) is 1.36.